The van der Waals surface area contributed by atoms with Gasteiger partial charge in [-0.25, -0.2) is 4.98 Å². The molecule has 0 fully saturated rings. The van der Waals surface area contributed by atoms with E-state index in [9.17, 15) is 18.0 Å². The summed E-state index contributed by atoms with van der Waals surface area (Å²) in [5, 5.41) is 8.06. The lowest BCUT2D eigenvalue weighted by atomic mass is 9.97. The molecule has 1 atom stereocenters. The summed E-state index contributed by atoms with van der Waals surface area (Å²) in [6, 6.07) is 7.39. The minimum atomic E-state index is -4.55. The lowest BCUT2D eigenvalue weighted by Crippen LogP contribution is -2.24. The average molecular weight is 485 g/mol. The highest BCUT2D eigenvalue weighted by Crippen LogP contribution is 2.39. The fourth-order valence-electron chi connectivity index (χ4n) is 4.09. The van der Waals surface area contributed by atoms with Gasteiger partial charge < -0.3 is 4.57 Å². The molecular formula is C23H19F3N6OS. The summed E-state index contributed by atoms with van der Waals surface area (Å²) >= 11 is 1.40. The van der Waals surface area contributed by atoms with Crippen molar-refractivity contribution in [1.82, 2.24) is 24.7 Å². The van der Waals surface area contributed by atoms with Gasteiger partial charge in [0.2, 0.25) is 0 Å². The van der Waals surface area contributed by atoms with Crippen molar-refractivity contribution in [1.29, 1.82) is 0 Å². The quantitative estimate of drug-likeness (QED) is 0.404. The van der Waals surface area contributed by atoms with Crippen molar-refractivity contribution in [2.45, 2.75) is 32.0 Å². The molecular weight excluding hydrogens is 465 g/mol. The molecule has 1 aliphatic rings. The molecule has 4 aromatic rings. The smallest absolute Gasteiger partial charge is 0.321 e. The van der Waals surface area contributed by atoms with Crippen LogP contribution in [0.15, 0.2) is 48.4 Å². The number of carbonyl (C=O) groups is 1. The predicted octanol–water partition coefficient (Wildman–Crippen LogP) is 4.86. The van der Waals surface area contributed by atoms with Crippen LogP contribution >= 0.6 is 11.3 Å². The maximum absolute atomic E-state index is 13.6. The maximum Gasteiger partial charge on any atom is 0.416 e. The highest BCUT2D eigenvalue weighted by Gasteiger charge is 2.40. The molecule has 4 heterocycles. The van der Waals surface area contributed by atoms with Crippen LogP contribution in [0.2, 0.25) is 0 Å². The fourth-order valence-corrected chi connectivity index (χ4v) is 4.68. The Bertz CT molecular complexity index is 1370. The maximum atomic E-state index is 13.6. The molecule has 0 N–H and O–H groups in total. The second-order valence-corrected chi connectivity index (χ2v) is 9.08. The van der Waals surface area contributed by atoms with Crippen molar-refractivity contribution in [3.8, 4) is 10.6 Å². The first-order valence-electron chi connectivity index (χ1n) is 10.5. The largest absolute Gasteiger partial charge is 0.416 e. The molecule has 1 amide bonds. The Morgan fingerprint density at radius 1 is 1.24 bits per heavy atom. The molecule has 0 spiro atoms. The third-order valence-corrected chi connectivity index (χ3v) is 6.73. The van der Waals surface area contributed by atoms with E-state index in [0.29, 0.717) is 17.9 Å². The van der Waals surface area contributed by atoms with E-state index in [1.807, 2.05) is 24.6 Å². The summed E-state index contributed by atoms with van der Waals surface area (Å²) in [6.45, 7) is 1.83. The number of thiazole rings is 1. The molecule has 0 bridgehead atoms. The minimum Gasteiger partial charge on any atom is -0.321 e. The van der Waals surface area contributed by atoms with Gasteiger partial charge in [-0.1, -0.05) is 13.0 Å². The number of fused-ring (bicyclic) bond motifs is 1. The van der Waals surface area contributed by atoms with Crippen molar-refractivity contribution in [3.05, 3.63) is 76.4 Å². The van der Waals surface area contributed by atoms with Gasteiger partial charge in [0.05, 0.1) is 28.2 Å². The minimum absolute atomic E-state index is 0.0119. The number of nitrogens with zero attached hydrogens (tertiary/aromatic N) is 6. The summed E-state index contributed by atoms with van der Waals surface area (Å²) in [5.74, 6) is 0.591. The number of halogens is 3. The van der Waals surface area contributed by atoms with Crippen LogP contribution in [0.25, 0.3) is 10.6 Å². The monoisotopic (exact) mass is 484 g/mol. The molecule has 1 aromatic carbocycles. The second kappa shape index (κ2) is 8.32. The van der Waals surface area contributed by atoms with Crippen molar-refractivity contribution < 1.29 is 18.0 Å². The van der Waals surface area contributed by atoms with Crippen LogP contribution in [0.5, 0.6) is 0 Å². The number of rotatable bonds is 5. The van der Waals surface area contributed by atoms with Crippen LogP contribution in [0.1, 0.15) is 45.7 Å². The Morgan fingerprint density at radius 2 is 2.06 bits per heavy atom. The van der Waals surface area contributed by atoms with E-state index in [-0.39, 0.29) is 23.6 Å². The van der Waals surface area contributed by atoms with Gasteiger partial charge in [-0.2, -0.15) is 13.2 Å². The third-order valence-electron chi connectivity index (χ3n) is 5.93. The molecule has 0 unspecified atom stereocenters. The Kier molecular flexibility index (Phi) is 5.43. The first-order chi connectivity index (χ1) is 16.2. The molecule has 1 aliphatic heterocycles. The standard InChI is InChI=1S/C23H19F3N6OS/c1-13(6-21-30-28-11-31(21)2)14-7-18(19-9-27-12-34-19)29-20(8-14)32-10-16-15(22(32)33)4-3-5-17(16)23(24,25)26/h3-5,7-9,11-13H,6,10H2,1-2H3/t13-/m1/s1. The SMILES string of the molecule is C[C@H](Cc1nncn1C)c1cc(-c2cncs2)nc(N2Cc3c(cccc3C(F)(F)F)C2=O)c1. The summed E-state index contributed by atoms with van der Waals surface area (Å²) in [7, 11) is 1.86. The molecule has 7 nitrogen and oxygen atoms in total. The summed E-state index contributed by atoms with van der Waals surface area (Å²) < 4.78 is 42.5. The molecule has 0 aliphatic carbocycles. The van der Waals surface area contributed by atoms with Crippen LogP contribution in [-0.4, -0.2) is 30.6 Å². The average Bonchev–Trinajstić information content (AvgIpc) is 3.54. The Labute approximate surface area is 196 Å². The number of alkyl halides is 3. The Morgan fingerprint density at radius 3 is 2.74 bits per heavy atom. The number of amides is 1. The summed E-state index contributed by atoms with van der Waals surface area (Å²) in [5.41, 5.74) is 2.40. The number of pyridine rings is 1. The first-order valence-corrected chi connectivity index (χ1v) is 11.3. The van der Waals surface area contributed by atoms with Crippen LogP contribution < -0.4 is 4.90 Å². The van der Waals surface area contributed by atoms with Crippen molar-refractivity contribution >= 4 is 23.1 Å². The third kappa shape index (κ3) is 3.96. The molecule has 34 heavy (non-hydrogen) atoms. The van der Waals surface area contributed by atoms with Gasteiger partial charge in [0.15, 0.2) is 0 Å². The van der Waals surface area contributed by atoms with E-state index in [0.717, 1.165) is 22.3 Å². The molecule has 0 saturated heterocycles. The predicted molar refractivity (Wildman–Crippen MR) is 120 cm³/mol. The van der Waals surface area contributed by atoms with Crippen LogP contribution in [0.3, 0.4) is 0 Å². The lowest BCUT2D eigenvalue weighted by molar-refractivity contribution is -0.138. The zero-order valence-corrected chi connectivity index (χ0v) is 19.1. The zero-order chi connectivity index (χ0) is 24.0. The van der Waals surface area contributed by atoms with Crippen LogP contribution in [0.4, 0.5) is 19.0 Å². The Balaban J connectivity index is 1.56. The number of hydrogen-bond donors (Lipinski definition) is 0. The molecule has 5 rings (SSSR count). The topological polar surface area (TPSA) is 76.8 Å². The molecule has 11 heteroatoms. The number of carbonyl (C=O) groups excluding carboxylic acids is 1. The van der Waals surface area contributed by atoms with E-state index in [4.69, 9.17) is 0 Å². The van der Waals surface area contributed by atoms with E-state index < -0.39 is 17.6 Å². The van der Waals surface area contributed by atoms with Gasteiger partial charge in [0.25, 0.3) is 5.91 Å². The highest BCUT2D eigenvalue weighted by molar-refractivity contribution is 7.13. The molecule has 3 aromatic heterocycles. The van der Waals surface area contributed by atoms with Crippen LogP contribution in [0, 0.1) is 0 Å². The number of aromatic nitrogens is 5. The van der Waals surface area contributed by atoms with Gasteiger partial charge in [-0.3, -0.25) is 14.7 Å². The number of hydrogen-bond acceptors (Lipinski definition) is 6. The van der Waals surface area contributed by atoms with Gasteiger partial charge in [0.1, 0.15) is 18.0 Å². The number of benzene rings is 1. The number of aryl methyl sites for hydroxylation is 1. The molecule has 174 valence electrons. The summed E-state index contributed by atoms with van der Waals surface area (Å²) in [4.78, 5) is 24.0. The first kappa shape index (κ1) is 22.2. The normalized spacial score (nSPS) is 14.5. The summed E-state index contributed by atoms with van der Waals surface area (Å²) in [6.07, 6.45) is -0.652. The van der Waals surface area contributed by atoms with Gasteiger partial charge in [-0.15, -0.1) is 21.5 Å². The lowest BCUT2D eigenvalue weighted by Gasteiger charge is -2.19. The van der Waals surface area contributed by atoms with Crippen molar-refractivity contribution in [3.63, 3.8) is 0 Å². The second-order valence-electron chi connectivity index (χ2n) is 8.19. The van der Waals surface area contributed by atoms with E-state index in [2.05, 4.69) is 20.2 Å². The van der Waals surface area contributed by atoms with Gasteiger partial charge in [-0.05, 0) is 41.3 Å². The molecule has 0 radical (unpaired) electrons. The van der Waals surface area contributed by atoms with E-state index >= 15 is 0 Å². The van der Waals surface area contributed by atoms with Crippen molar-refractivity contribution in [2.75, 3.05) is 4.90 Å². The van der Waals surface area contributed by atoms with E-state index in [1.165, 1.54) is 28.4 Å². The van der Waals surface area contributed by atoms with Crippen LogP contribution in [-0.2, 0) is 26.2 Å². The Hall–Kier alpha value is -3.60. The van der Waals surface area contributed by atoms with Gasteiger partial charge >= 0.3 is 6.18 Å². The van der Waals surface area contributed by atoms with Crippen molar-refractivity contribution in [2.24, 2.45) is 7.05 Å². The highest BCUT2D eigenvalue weighted by atomic mass is 32.1. The van der Waals surface area contributed by atoms with E-state index in [1.54, 1.807) is 24.1 Å². The number of anilines is 1. The van der Waals surface area contributed by atoms with Gasteiger partial charge in [0, 0.05) is 25.2 Å². The fraction of sp³-hybridized carbons (Fsp3) is 0.261. The zero-order valence-electron chi connectivity index (χ0n) is 18.2. The molecule has 0 saturated carbocycles.